The van der Waals surface area contributed by atoms with E-state index in [9.17, 15) is 14.4 Å². The third kappa shape index (κ3) is 5.48. The molecule has 30 heavy (non-hydrogen) atoms. The van der Waals surface area contributed by atoms with Crippen LogP contribution >= 0.6 is 0 Å². The molecule has 0 spiro atoms. The minimum absolute atomic E-state index is 0.0749. The van der Waals surface area contributed by atoms with E-state index in [4.69, 9.17) is 4.74 Å². The van der Waals surface area contributed by atoms with Crippen molar-refractivity contribution in [3.05, 3.63) is 52.4 Å². The van der Waals surface area contributed by atoms with Crippen LogP contribution in [0.25, 0.3) is 11.1 Å². The summed E-state index contributed by atoms with van der Waals surface area (Å²) >= 11 is 0. The van der Waals surface area contributed by atoms with Gasteiger partial charge in [0.2, 0.25) is 5.91 Å². The van der Waals surface area contributed by atoms with Crippen LogP contribution in [-0.2, 0) is 16.0 Å². The number of hydrogen-bond donors (Lipinski definition) is 3. The van der Waals surface area contributed by atoms with Crippen molar-refractivity contribution < 1.29 is 14.3 Å². The van der Waals surface area contributed by atoms with Crippen LogP contribution in [0.2, 0.25) is 0 Å². The third-order valence-corrected chi connectivity index (χ3v) is 5.05. The van der Waals surface area contributed by atoms with Gasteiger partial charge in [0.15, 0.2) is 0 Å². The number of unbranched alkanes of at least 4 members (excludes halogenated alkanes) is 1. The van der Waals surface area contributed by atoms with Gasteiger partial charge < -0.3 is 25.3 Å². The molecule has 1 saturated heterocycles. The number of anilines is 1. The molecule has 0 radical (unpaired) electrons. The van der Waals surface area contributed by atoms with Crippen LogP contribution in [0, 0.1) is 0 Å². The van der Waals surface area contributed by atoms with Gasteiger partial charge in [-0.1, -0.05) is 37.6 Å². The number of hydrogen-bond acceptors (Lipinski definition) is 4. The number of nitrogens with zero attached hydrogens (tertiary/aromatic N) is 1. The summed E-state index contributed by atoms with van der Waals surface area (Å²) < 4.78 is 5.73. The number of rotatable bonds is 8. The van der Waals surface area contributed by atoms with Crippen molar-refractivity contribution in [2.45, 2.75) is 32.3 Å². The van der Waals surface area contributed by atoms with Crippen LogP contribution in [0.3, 0.4) is 0 Å². The van der Waals surface area contributed by atoms with Gasteiger partial charge >= 0.3 is 6.03 Å². The number of carbonyl (C=O) groups is 2. The molecule has 3 N–H and O–H groups in total. The lowest BCUT2D eigenvalue weighted by molar-refractivity contribution is -0.144. The first kappa shape index (κ1) is 21.6. The normalized spacial score (nSPS) is 13.6. The van der Waals surface area contributed by atoms with Gasteiger partial charge in [-0.3, -0.25) is 9.59 Å². The Kier molecular flexibility index (Phi) is 7.24. The SMILES string of the molecule is CCCCOC1CN(C(=O)Cc2cccc(-c3c[nH]c(=O)c(NC(=O)NC)c3)c2)C1. The van der Waals surface area contributed by atoms with Gasteiger partial charge in [-0.15, -0.1) is 0 Å². The van der Waals surface area contributed by atoms with Gasteiger partial charge in [-0.25, -0.2) is 4.79 Å². The molecule has 1 aliphatic heterocycles. The Morgan fingerprint density at radius 2 is 2.03 bits per heavy atom. The molecule has 3 rings (SSSR count). The van der Waals surface area contributed by atoms with Gasteiger partial charge in [-0.2, -0.15) is 0 Å². The van der Waals surface area contributed by atoms with Crippen LogP contribution in [-0.4, -0.2) is 54.7 Å². The summed E-state index contributed by atoms with van der Waals surface area (Å²) in [5, 5.41) is 4.92. The van der Waals surface area contributed by atoms with Crippen molar-refractivity contribution in [2.75, 3.05) is 32.1 Å². The van der Waals surface area contributed by atoms with Crippen LogP contribution in [0.1, 0.15) is 25.3 Å². The van der Waals surface area contributed by atoms with Gasteiger partial charge in [0.05, 0.1) is 12.5 Å². The van der Waals surface area contributed by atoms with E-state index in [0.29, 0.717) is 19.5 Å². The van der Waals surface area contributed by atoms with E-state index in [-0.39, 0.29) is 23.3 Å². The lowest BCUT2D eigenvalue weighted by Crippen LogP contribution is -2.55. The number of nitrogens with one attached hydrogen (secondary N) is 3. The molecule has 3 amide bonds. The fourth-order valence-corrected chi connectivity index (χ4v) is 3.22. The molecule has 0 aliphatic carbocycles. The Bertz CT molecular complexity index is 950. The van der Waals surface area contributed by atoms with Crippen molar-refractivity contribution in [2.24, 2.45) is 0 Å². The third-order valence-electron chi connectivity index (χ3n) is 5.05. The lowest BCUT2D eigenvalue weighted by atomic mass is 10.0. The highest BCUT2D eigenvalue weighted by Crippen LogP contribution is 2.22. The highest BCUT2D eigenvalue weighted by Gasteiger charge is 2.30. The minimum Gasteiger partial charge on any atom is -0.375 e. The zero-order chi connectivity index (χ0) is 21.5. The van der Waals surface area contributed by atoms with Gasteiger partial charge in [0, 0.05) is 38.5 Å². The number of pyridine rings is 1. The maximum absolute atomic E-state index is 12.5. The van der Waals surface area contributed by atoms with E-state index in [2.05, 4.69) is 22.5 Å². The second-order valence-corrected chi connectivity index (χ2v) is 7.36. The molecule has 0 bridgehead atoms. The number of aromatic amines is 1. The van der Waals surface area contributed by atoms with Crippen molar-refractivity contribution in [3.63, 3.8) is 0 Å². The quantitative estimate of drug-likeness (QED) is 0.579. The molecule has 1 aromatic heterocycles. The van der Waals surface area contributed by atoms with Gasteiger partial charge in [-0.05, 0) is 23.6 Å². The minimum atomic E-state index is -0.469. The molecule has 2 heterocycles. The predicted molar refractivity (Wildman–Crippen MR) is 116 cm³/mol. The Morgan fingerprint density at radius 1 is 1.23 bits per heavy atom. The molecule has 1 aromatic carbocycles. The molecular formula is C22H28N4O4. The number of likely N-dealkylation sites (tertiary alicyclic amines) is 1. The zero-order valence-corrected chi connectivity index (χ0v) is 17.4. The first-order valence-corrected chi connectivity index (χ1v) is 10.2. The average molecular weight is 412 g/mol. The molecule has 8 nitrogen and oxygen atoms in total. The lowest BCUT2D eigenvalue weighted by Gasteiger charge is -2.39. The predicted octanol–water partition coefficient (Wildman–Crippen LogP) is 2.36. The summed E-state index contributed by atoms with van der Waals surface area (Å²) in [7, 11) is 1.48. The molecule has 8 heteroatoms. The maximum Gasteiger partial charge on any atom is 0.319 e. The molecule has 160 valence electrons. The van der Waals surface area contributed by atoms with Gasteiger partial charge in [0.25, 0.3) is 5.56 Å². The number of urea groups is 1. The molecule has 0 saturated carbocycles. The summed E-state index contributed by atoms with van der Waals surface area (Å²) in [4.78, 5) is 40.4. The van der Waals surface area contributed by atoms with Gasteiger partial charge in [0.1, 0.15) is 5.69 Å². The van der Waals surface area contributed by atoms with Crippen molar-refractivity contribution in [1.29, 1.82) is 0 Å². The number of ether oxygens (including phenoxy) is 1. The summed E-state index contributed by atoms with van der Waals surface area (Å²) in [6.07, 6.45) is 4.19. The largest absolute Gasteiger partial charge is 0.375 e. The molecule has 1 aliphatic rings. The zero-order valence-electron chi connectivity index (χ0n) is 17.4. The first-order chi connectivity index (χ1) is 14.5. The van der Waals surface area contributed by atoms with Crippen LogP contribution in [0.4, 0.5) is 10.5 Å². The fourth-order valence-electron chi connectivity index (χ4n) is 3.22. The topological polar surface area (TPSA) is 104 Å². The molecule has 1 fully saturated rings. The molecule has 0 atom stereocenters. The Labute approximate surface area is 175 Å². The van der Waals surface area contributed by atoms with E-state index in [1.165, 1.54) is 7.05 Å². The Morgan fingerprint density at radius 3 is 2.77 bits per heavy atom. The van der Waals surface area contributed by atoms with Crippen LogP contribution in [0.15, 0.2) is 41.3 Å². The Balaban J connectivity index is 1.63. The highest BCUT2D eigenvalue weighted by molar-refractivity contribution is 5.89. The fraction of sp³-hybridized carbons (Fsp3) is 0.409. The monoisotopic (exact) mass is 412 g/mol. The second-order valence-electron chi connectivity index (χ2n) is 7.36. The number of H-pyrrole nitrogens is 1. The molecule has 0 unspecified atom stereocenters. The van der Waals surface area contributed by atoms with Crippen molar-refractivity contribution >= 4 is 17.6 Å². The van der Waals surface area contributed by atoms with E-state index in [1.807, 2.05) is 29.2 Å². The highest BCUT2D eigenvalue weighted by atomic mass is 16.5. The number of carbonyl (C=O) groups excluding carboxylic acids is 2. The van der Waals surface area contributed by atoms with E-state index < -0.39 is 6.03 Å². The van der Waals surface area contributed by atoms with Crippen molar-refractivity contribution in [3.8, 4) is 11.1 Å². The Hall–Kier alpha value is -3.13. The second kappa shape index (κ2) is 10.1. The smallest absolute Gasteiger partial charge is 0.319 e. The number of aromatic nitrogens is 1. The standard InChI is InChI=1S/C22H28N4O4/c1-3-4-8-30-18-13-26(14-18)20(27)10-15-6-5-7-16(9-15)17-11-19(21(28)24-12-17)25-22(29)23-2/h5-7,9,11-12,18H,3-4,8,10,13-14H2,1-2H3,(H,24,28)(H2,23,25,29). The van der Waals surface area contributed by atoms with Crippen LogP contribution < -0.4 is 16.2 Å². The summed E-state index contributed by atoms with van der Waals surface area (Å²) in [5.41, 5.74) is 2.24. The summed E-state index contributed by atoms with van der Waals surface area (Å²) in [6.45, 7) is 4.18. The van der Waals surface area contributed by atoms with E-state index >= 15 is 0 Å². The summed E-state index contributed by atoms with van der Waals surface area (Å²) in [6, 6.07) is 8.75. The van der Waals surface area contributed by atoms with Crippen molar-refractivity contribution in [1.82, 2.24) is 15.2 Å². The van der Waals surface area contributed by atoms with Crippen LogP contribution in [0.5, 0.6) is 0 Å². The molecular weight excluding hydrogens is 384 g/mol. The first-order valence-electron chi connectivity index (χ1n) is 10.2. The van der Waals surface area contributed by atoms with E-state index in [0.717, 1.165) is 36.1 Å². The number of benzene rings is 1. The molecule has 2 aromatic rings. The summed E-state index contributed by atoms with van der Waals surface area (Å²) in [5.74, 6) is 0.0749. The average Bonchev–Trinajstić information content (AvgIpc) is 2.71. The van der Waals surface area contributed by atoms with E-state index in [1.54, 1.807) is 12.3 Å². The number of amides is 3. The maximum atomic E-state index is 12.5.